The van der Waals surface area contributed by atoms with Crippen molar-refractivity contribution >= 4 is 29.0 Å². The standard InChI is InChI=1S/C21H22N2O2S2/c1-15-7-8-19(25-2)16(11-15)9-10-22-21(24)18-5-3-4-6-20(18)27-13-17-12-26-14-23-17/h3-8,11-12,14H,9-10,13H2,1-2H3,(H,22,24). The Labute approximate surface area is 168 Å². The average molecular weight is 399 g/mol. The van der Waals surface area contributed by atoms with Gasteiger partial charge >= 0.3 is 0 Å². The zero-order valence-corrected chi connectivity index (χ0v) is 17.0. The summed E-state index contributed by atoms with van der Waals surface area (Å²) >= 11 is 3.22. The number of rotatable bonds is 8. The maximum absolute atomic E-state index is 12.7. The normalized spacial score (nSPS) is 10.6. The van der Waals surface area contributed by atoms with Gasteiger partial charge in [-0.15, -0.1) is 23.1 Å². The van der Waals surface area contributed by atoms with Crippen LogP contribution in [0.25, 0.3) is 0 Å². The van der Waals surface area contributed by atoms with Gasteiger partial charge in [0.25, 0.3) is 5.91 Å². The van der Waals surface area contributed by atoms with Crippen molar-refractivity contribution in [2.75, 3.05) is 13.7 Å². The third-order valence-electron chi connectivity index (χ3n) is 4.11. The zero-order valence-electron chi connectivity index (χ0n) is 15.4. The number of hydrogen-bond donors (Lipinski definition) is 1. The van der Waals surface area contributed by atoms with Gasteiger partial charge in [-0.3, -0.25) is 4.79 Å². The number of benzene rings is 2. The number of ether oxygens (including phenoxy) is 1. The van der Waals surface area contributed by atoms with E-state index < -0.39 is 0 Å². The monoisotopic (exact) mass is 398 g/mol. The number of thioether (sulfide) groups is 1. The predicted octanol–water partition coefficient (Wildman–Crippen LogP) is 4.72. The molecule has 3 rings (SSSR count). The Morgan fingerprint density at radius 3 is 2.89 bits per heavy atom. The largest absolute Gasteiger partial charge is 0.496 e. The van der Waals surface area contributed by atoms with Crippen LogP contribution in [0.2, 0.25) is 0 Å². The highest BCUT2D eigenvalue weighted by atomic mass is 32.2. The molecular weight excluding hydrogens is 376 g/mol. The van der Waals surface area contributed by atoms with Gasteiger partial charge < -0.3 is 10.1 Å². The third kappa shape index (κ3) is 5.34. The number of nitrogens with one attached hydrogen (secondary N) is 1. The molecule has 27 heavy (non-hydrogen) atoms. The molecule has 0 spiro atoms. The Morgan fingerprint density at radius 1 is 1.26 bits per heavy atom. The molecule has 2 aromatic carbocycles. The lowest BCUT2D eigenvalue weighted by Crippen LogP contribution is -2.26. The van der Waals surface area contributed by atoms with E-state index in [-0.39, 0.29) is 5.91 Å². The van der Waals surface area contributed by atoms with Crippen LogP contribution in [-0.4, -0.2) is 24.5 Å². The molecule has 6 heteroatoms. The summed E-state index contributed by atoms with van der Waals surface area (Å²) in [4.78, 5) is 17.9. The van der Waals surface area contributed by atoms with Gasteiger partial charge in [0.05, 0.1) is 23.9 Å². The van der Waals surface area contributed by atoms with Crippen molar-refractivity contribution in [1.82, 2.24) is 10.3 Å². The molecule has 4 nitrogen and oxygen atoms in total. The zero-order chi connectivity index (χ0) is 19.1. The minimum absolute atomic E-state index is 0.0528. The second kappa shape index (κ2) is 9.58. The minimum Gasteiger partial charge on any atom is -0.496 e. The fourth-order valence-electron chi connectivity index (χ4n) is 2.75. The molecular formula is C21H22N2O2S2. The number of carbonyl (C=O) groups excluding carboxylic acids is 1. The van der Waals surface area contributed by atoms with Crippen LogP contribution in [0.4, 0.5) is 0 Å². The lowest BCUT2D eigenvalue weighted by Gasteiger charge is -2.12. The van der Waals surface area contributed by atoms with Gasteiger partial charge in [-0.05, 0) is 37.1 Å². The van der Waals surface area contributed by atoms with Crippen molar-refractivity contribution in [3.8, 4) is 5.75 Å². The Kier molecular flexibility index (Phi) is 6.90. The highest BCUT2D eigenvalue weighted by molar-refractivity contribution is 7.98. The Hall–Kier alpha value is -2.31. The van der Waals surface area contributed by atoms with E-state index in [9.17, 15) is 4.79 Å². The first-order valence-electron chi connectivity index (χ1n) is 8.68. The number of aromatic nitrogens is 1. The summed E-state index contributed by atoms with van der Waals surface area (Å²) in [5, 5.41) is 5.06. The Morgan fingerprint density at radius 2 is 2.11 bits per heavy atom. The van der Waals surface area contributed by atoms with Gasteiger partial charge in [-0.2, -0.15) is 0 Å². The van der Waals surface area contributed by atoms with Crippen LogP contribution in [0.5, 0.6) is 5.75 Å². The fourth-order valence-corrected chi connectivity index (χ4v) is 4.37. The quantitative estimate of drug-likeness (QED) is 0.558. The van der Waals surface area contributed by atoms with Crippen molar-refractivity contribution < 1.29 is 9.53 Å². The van der Waals surface area contributed by atoms with Crippen LogP contribution >= 0.6 is 23.1 Å². The Bertz CT molecular complexity index is 895. The molecule has 0 saturated carbocycles. The molecule has 0 aliphatic heterocycles. The molecule has 0 atom stereocenters. The van der Waals surface area contributed by atoms with Gasteiger partial charge in [-0.1, -0.05) is 29.8 Å². The lowest BCUT2D eigenvalue weighted by molar-refractivity contribution is 0.0951. The van der Waals surface area contributed by atoms with Gasteiger partial charge in [0.1, 0.15) is 5.75 Å². The van der Waals surface area contributed by atoms with Crippen LogP contribution < -0.4 is 10.1 Å². The number of hydrogen-bond acceptors (Lipinski definition) is 5. The molecule has 0 fully saturated rings. The molecule has 1 aromatic heterocycles. The average Bonchev–Trinajstić information content (AvgIpc) is 3.20. The van der Waals surface area contributed by atoms with E-state index >= 15 is 0 Å². The van der Waals surface area contributed by atoms with Gasteiger partial charge in [0.2, 0.25) is 0 Å². The molecule has 0 bridgehead atoms. The van der Waals surface area contributed by atoms with E-state index in [1.807, 2.05) is 47.3 Å². The Balaban J connectivity index is 1.60. The van der Waals surface area contributed by atoms with Crippen LogP contribution in [0.1, 0.15) is 27.2 Å². The van der Waals surface area contributed by atoms with E-state index in [4.69, 9.17) is 4.74 Å². The summed E-state index contributed by atoms with van der Waals surface area (Å²) in [7, 11) is 1.67. The van der Waals surface area contributed by atoms with E-state index in [0.29, 0.717) is 12.1 Å². The first-order chi connectivity index (χ1) is 13.2. The van der Waals surface area contributed by atoms with Crippen molar-refractivity contribution in [1.29, 1.82) is 0 Å². The number of thiazole rings is 1. The SMILES string of the molecule is COc1ccc(C)cc1CCNC(=O)c1ccccc1SCc1cscn1. The smallest absolute Gasteiger partial charge is 0.252 e. The fraction of sp³-hybridized carbons (Fsp3) is 0.238. The first-order valence-corrected chi connectivity index (χ1v) is 10.6. The highest BCUT2D eigenvalue weighted by Crippen LogP contribution is 2.26. The van der Waals surface area contributed by atoms with Gasteiger partial charge in [0, 0.05) is 22.6 Å². The molecule has 0 aliphatic carbocycles. The molecule has 0 radical (unpaired) electrons. The topological polar surface area (TPSA) is 51.2 Å². The second-order valence-corrected chi connectivity index (χ2v) is 7.82. The number of nitrogens with zero attached hydrogens (tertiary/aromatic N) is 1. The van der Waals surface area contributed by atoms with Crippen molar-refractivity contribution in [2.45, 2.75) is 24.0 Å². The molecule has 1 heterocycles. The van der Waals surface area contributed by atoms with Crippen LogP contribution in [0.15, 0.2) is 58.3 Å². The van der Waals surface area contributed by atoms with Crippen molar-refractivity contribution in [3.05, 3.63) is 75.7 Å². The predicted molar refractivity (Wildman–Crippen MR) is 112 cm³/mol. The van der Waals surface area contributed by atoms with Gasteiger partial charge in [-0.25, -0.2) is 4.98 Å². The molecule has 1 amide bonds. The molecule has 0 aliphatic rings. The summed E-state index contributed by atoms with van der Waals surface area (Å²) in [5.74, 6) is 1.56. The first kappa shape index (κ1) is 19.5. The molecule has 140 valence electrons. The summed E-state index contributed by atoms with van der Waals surface area (Å²) < 4.78 is 5.41. The molecule has 0 unspecified atom stereocenters. The summed E-state index contributed by atoms with van der Waals surface area (Å²) in [6.07, 6.45) is 0.727. The van der Waals surface area contributed by atoms with Crippen LogP contribution in [0.3, 0.4) is 0 Å². The summed E-state index contributed by atoms with van der Waals surface area (Å²) in [5.41, 5.74) is 5.85. The third-order valence-corrected chi connectivity index (χ3v) is 5.85. The molecule has 3 aromatic rings. The molecule has 0 saturated heterocycles. The van der Waals surface area contributed by atoms with Gasteiger partial charge in [0.15, 0.2) is 0 Å². The number of methoxy groups -OCH3 is 1. The number of carbonyl (C=O) groups is 1. The van der Waals surface area contributed by atoms with E-state index in [1.165, 1.54) is 5.56 Å². The minimum atomic E-state index is -0.0528. The summed E-state index contributed by atoms with van der Waals surface area (Å²) in [6, 6.07) is 13.8. The highest BCUT2D eigenvalue weighted by Gasteiger charge is 2.12. The summed E-state index contributed by atoms with van der Waals surface area (Å²) in [6.45, 7) is 2.61. The van der Waals surface area contributed by atoms with Crippen molar-refractivity contribution in [3.63, 3.8) is 0 Å². The van der Waals surface area contributed by atoms with Crippen LogP contribution in [0, 0.1) is 6.92 Å². The number of aryl methyl sites for hydroxylation is 1. The lowest BCUT2D eigenvalue weighted by atomic mass is 10.1. The second-order valence-electron chi connectivity index (χ2n) is 6.09. The van der Waals surface area contributed by atoms with E-state index in [2.05, 4.69) is 23.3 Å². The maximum Gasteiger partial charge on any atom is 0.252 e. The van der Waals surface area contributed by atoms with Crippen molar-refractivity contribution in [2.24, 2.45) is 0 Å². The van der Waals surface area contributed by atoms with E-state index in [1.54, 1.807) is 30.2 Å². The maximum atomic E-state index is 12.7. The number of amides is 1. The molecule has 1 N–H and O–H groups in total. The van der Waals surface area contributed by atoms with Crippen LogP contribution in [-0.2, 0) is 12.2 Å². The van der Waals surface area contributed by atoms with E-state index in [0.717, 1.165) is 34.1 Å².